The van der Waals surface area contributed by atoms with E-state index in [4.69, 9.17) is 9.26 Å². The highest BCUT2D eigenvalue weighted by Crippen LogP contribution is 2.43. The highest BCUT2D eigenvalue weighted by Gasteiger charge is 2.28. The van der Waals surface area contributed by atoms with Crippen molar-refractivity contribution >= 4 is 25.7 Å². The monoisotopic (exact) mass is 607 g/mol. The van der Waals surface area contributed by atoms with Gasteiger partial charge in [-0.2, -0.15) is 0 Å². The maximum atomic E-state index is 12.1. The van der Waals surface area contributed by atoms with Crippen molar-refractivity contribution < 1.29 is 47.8 Å². The van der Waals surface area contributed by atoms with Gasteiger partial charge in [-0.15, -0.1) is 0 Å². The Morgan fingerprint density at radius 2 is 1.32 bits per heavy atom. The summed E-state index contributed by atoms with van der Waals surface area (Å²) in [6.45, 7) is 2.39. The van der Waals surface area contributed by atoms with E-state index in [1.807, 2.05) is 0 Å². The largest absolute Gasteiger partial charge is 0.480 e. The number of aliphatic hydroxyl groups excluding tert-OH is 1. The van der Waals surface area contributed by atoms with E-state index in [0.717, 1.165) is 77.0 Å². The van der Waals surface area contributed by atoms with Gasteiger partial charge in [-0.25, -0.2) is 9.36 Å². The van der Waals surface area contributed by atoms with Gasteiger partial charge in [0.25, 0.3) is 0 Å². The summed E-state index contributed by atoms with van der Waals surface area (Å²) >= 11 is 0. The third kappa shape index (κ3) is 25.6. The average Bonchev–Trinajstić information content (AvgIpc) is 2.93. The summed E-state index contributed by atoms with van der Waals surface area (Å²) in [5.74, 6) is -2.40. The predicted molar refractivity (Wildman–Crippen MR) is 157 cm³/mol. The molecule has 0 heterocycles. The van der Waals surface area contributed by atoms with Crippen LogP contribution in [-0.4, -0.2) is 64.9 Å². The second-order valence-electron chi connectivity index (χ2n) is 10.3. The number of esters is 1. The van der Waals surface area contributed by atoms with Crippen LogP contribution in [0.15, 0.2) is 12.2 Å². The second kappa shape index (κ2) is 25.9. The number of hydrogen-bond donors (Lipinski definition) is 4. The molecule has 3 unspecified atom stereocenters. The number of phosphoric ester groups is 1. The van der Waals surface area contributed by atoms with Gasteiger partial charge in [0.05, 0.1) is 13.2 Å². The molecule has 0 aliphatic heterocycles. The fourth-order valence-corrected chi connectivity index (χ4v) is 4.62. The number of carboxylic acids is 1. The highest BCUT2D eigenvalue weighted by atomic mass is 31.2. The lowest BCUT2D eigenvalue weighted by atomic mass is 10.1. The summed E-state index contributed by atoms with van der Waals surface area (Å²) < 4.78 is 26.4. The maximum Gasteiger partial charge on any atom is 0.472 e. The van der Waals surface area contributed by atoms with E-state index < -0.39 is 57.6 Å². The quantitative estimate of drug-likeness (QED) is 0.0368. The zero-order chi connectivity index (χ0) is 30.8. The van der Waals surface area contributed by atoms with Gasteiger partial charge in [0.2, 0.25) is 5.91 Å². The Morgan fingerprint density at radius 1 is 0.756 bits per heavy atom. The zero-order valence-electron chi connectivity index (χ0n) is 25.1. The topological polar surface area (TPSA) is 169 Å². The van der Waals surface area contributed by atoms with Crippen molar-refractivity contribution in [3.05, 3.63) is 12.2 Å². The van der Waals surface area contributed by atoms with E-state index in [0.29, 0.717) is 12.8 Å². The second-order valence-corrected chi connectivity index (χ2v) is 11.7. The van der Waals surface area contributed by atoms with Crippen molar-refractivity contribution in [1.29, 1.82) is 0 Å². The minimum absolute atomic E-state index is 0.146. The maximum absolute atomic E-state index is 12.1. The van der Waals surface area contributed by atoms with Gasteiger partial charge in [-0.1, -0.05) is 90.2 Å². The van der Waals surface area contributed by atoms with Crippen LogP contribution in [0.2, 0.25) is 0 Å². The Morgan fingerprint density at radius 3 is 1.95 bits per heavy atom. The van der Waals surface area contributed by atoms with Gasteiger partial charge in [0.15, 0.2) is 6.04 Å². The molecule has 0 saturated carbocycles. The lowest BCUT2D eigenvalue weighted by Crippen LogP contribution is -2.43. The Bertz CT molecular complexity index is 777. The molecule has 0 aliphatic rings. The summed E-state index contributed by atoms with van der Waals surface area (Å²) in [6.07, 6.45) is 18.7. The number of phosphoric acid groups is 1. The molecule has 0 aromatic carbocycles. The standard InChI is InChI=1S/C29H54NO10P/c1-3-5-7-9-11-12-13-15-17-19-21-28(33)38-22-25(31)23-39-41(36,37)40-24-26(29(34)35)30-27(32)20-18-16-14-10-8-6-4-2/h7,9,25-26,31H,3-6,8,10-24H2,1-2H3,(H,30,32)(H,34,35)(H,36,37)/b9-7-. The SMILES string of the molecule is CCC/C=C\CCCCCCCC(=O)OCC(O)COP(=O)(O)OCC(NC(=O)CCCCCCCCC)C(=O)O. The number of rotatable bonds is 28. The molecule has 0 aromatic heterocycles. The molecule has 240 valence electrons. The first-order chi connectivity index (χ1) is 19.6. The molecule has 0 spiro atoms. The number of carbonyl (C=O) groups is 3. The minimum Gasteiger partial charge on any atom is -0.480 e. The van der Waals surface area contributed by atoms with Crippen LogP contribution in [0.1, 0.15) is 123 Å². The normalized spacial score (nSPS) is 14.4. The number of hydrogen-bond acceptors (Lipinski definition) is 8. The smallest absolute Gasteiger partial charge is 0.472 e. The molecule has 0 aliphatic carbocycles. The van der Waals surface area contributed by atoms with Crippen LogP contribution in [0.25, 0.3) is 0 Å². The highest BCUT2D eigenvalue weighted by molar-refractivity contribution is 7.47. The molecule has 41 heavy (non-hydrogen) atoms. The molecule has 4 N–H and O–H groups in total. The van der Waals surface area contributed by atoms with Crippen LogP contribution in [0, 0.1) is 0 Å². The third-order valence-electron chi connectivity index (χ3n) is 6.29. The van der Waals surface area contributed by atoms with Crippen molar-refractivity contribution in [1.82, 2.24) is 5.32 Å². The van der Waals surface area contributed by atoms with E-state index in [2.05, 4.69) is 35.8 Å². The van der Waals surface area contributed by atoms with Crippen LogP contribution in [-0.2, 0) is 32.7 Å². The molecule has 1 amide bonds. The summed E-state index contributed by atoms with van der Waals surface area (Å²) in [4.78, 5) is 45.1. The summed E-state index contributed by atoms with van der Waals surface area (Å²) in [7, 11) is -4.73. The van der Waals surface area contributed by atoms with E-state index in [9.17, 15) is 34.1 Å². The van der Waals surface area contributed by atoms with Crippen LogP contribution in [0.3, 0.4) is 0 Å². The van der Waals surface area contributed by atoms with Crippen LogP contribution < -0.4 is 5.32 Å². The summed E-state index contributed by atoms with van der Waals surface area (Å²) in [5, 5.41) is 21.5. The third-order valence-corrected chi connectivity index (χ3v) is 7.24. The fraction of sp³-hybridized carbons (Fsp3) is 0.828. The molecule has 11 nitrogen and oxygen atoms in total. The number of aliphatic hydroxyl groups is 1. The van der Waals surface area contributed by atoms with Crippen LogP contribution in [0.4, 0.5) is 0 Å². The number of amides is 1. The van der Waals surface area contributed by atoms with Gasteiger partial charge < -0.3 is 25.2 Å². The van der Waals surface area contributed by atoms with E-state index in [1.54, 1.807) is 0 Å². The Hall–Kier alpha value is -1.78. The molecule has 0 rings (SSSR count). The molecule has 12 heteroatoms. The molecular weight excluding hydrogens is 553 g/mol. The van der Waals surface area contributed by atoms with Crippen molar-refractivity contribution in [2.24, 2.45) is 0 Å². The summed E-state index contributed by atoms with van der Waals surface area (Å²) in [5.41, 5.74) is 0. The number of unbranched alkanes of at least 4 members (excludes halogenated alkanes) is 12. The summed E-state index contributed by atoms with van der Waals surface area (Å²) in [6, 6.07) is -1.54. The molecular formula is C29H54NO10P. The number of ether oxygens (including phenoxy) is 1. The van der Waals surface area contributed by atoms with Gasteiger partial charge in [0, 0.05) is 12.8 Å². The van der Waals surface area contributed by atoms with Gasteiger partial charge in [-0.05, 0) is 32.1 Å². The Kier molecular flexibility index (Phi) is 24.8. The fourth-order valence-electron chi connectivity index (χ4n) is 3.84. The lowest BCUT2D eigenvalue weighted by molar-refractivity contribution is -0.147. The van der Waals surface area contributed by atoms with Crippen molar-refractivity contribution in [3.8, 4) is 0 Å². The van der Waals surface area contributed by atoms with Gasteiger partial charge in [0.1, 0.15) is 12.7 Å². The Labute approximate surface area is 246 Å². The first-order valence-corrected chi connectivity index (χ1v) is 16.7. The van der Waals surface area contributed by atoms with Crippen LogP contribution >= 0.6 is 7.82 Å². The van der Waals surface area contributed by atoms with Crippen molar-refractivity contribution in [2.75, 3.05) is 19.8 Å². The molecule has 0 bridgehead atoms. The molecule has 0 aromatic rings. The zero-order valence-corrected chi connectivity index (χ0v) is 26.0. The minimum atomic E-state index is -4.73. The number of allylic oxidation sites excluding steroid dienone is 2. The first-order valence-electron chi connectivity index (χ1n) is 15.2. The number of nitrogens with one attached hydrogen (secondary N) is 1. The number of carboxylic acid groups (broad SMARTS) is 1. The number of aliphatic carboxylic acids is 1. The van der Waals surface area contributed by atoms with Gasteiger partial charge >= 0.3 is 19.8 Å². The lowest BCUT2D eigenvalue weighted by Gasteiger charge is -2.18. The van der Waals surface area contributed by atoms with Gasteiger partial charge in [-0.3, -0.25) is 18.6 Å². The molecule has 3 atom stereocenters. The first kappa shape index (κ1) is 39.2. The predicted octanol–water partition coefficient (Wildman–Crippen LogP) is 5.82. The van der Waals surface area contributed by atoms with Crippen LogP contribution in [0.5, 0.6) is 0 Å². The molecule has 0 radical (unpaired) electrons. The molecule has 0 saturated heterocycles. The van der Waals surface area contributed by atoms with Crippen molar-refractivity contribution in [2.45, 2.75) is 135 Å². The molecule has 0 fully saturated rings. The number of carbonyl (C=O) groups excluding carboxylic acids is 2. The average molecular weight is 608 g/mol. The van der Waals surface area contributed by atoms with E-state index >= 15 is 0 Å². The Balaban J connectivity index is 4.07. The van der Waals surface area contributed by atoms with Crippen molar-refractivity contribution in [3.63, 3.8) is 0 Å². The van der Waals surface area contributed by atoms with E-state index in [-0.39, 0.29) is 12.8 Å². The van der Waals surface area contributed by atoms with E-state index in [1.165, 1.54) is 6.42 Å².